The molecule has 21 heteroatoms. The molecular formula is C58H77F3N6O12. The average Bonchev–Trinajstić information content (AvgIpc) is 4.25. The van der Waals surface area contributed by atoms with Gasteiger partial charge in [-0.15, -0.1) is 0 Å². The summed E-state index contributed by atoms with van der Waals surface area (Å²) in [6.07, 6.45) is 5.40. The molecule has 79 heavy (non-hydrogen) atoms. The number of carbonyl (C=O) groups is 2. The number of amides is 2. The first-order chi connectivity index (χ1) is 38.5. The van der Waals surface area contributed by atoms with Crippen LogP contribution >= 0.6 is 0 Å². The first-order valence-electron chi connectivity index (χ1n) is 27.3. The Morgan fingerprint density at radius 1 is 0.671 bits per heavy atom. The van der Waals surface area contributed by atoms with Crippen molar-refractivity contribution in [2.75, 3.05) is 171 Å². The fraction of sp³-hybridized carbons (Fsp3) is 0.569. The van der Waals surface area contributed by atoms with E-state index in [0.29, 0.717) is 180 Å². The number of piperazine rings is 1. The summed E-state index contributed by atoms with van der Waals surface area (Å²) in [6.45, 7) is 14.0. The highest BCUT2D eigenvalue weighted by atomic mass is 19.4. The minimum Gasteiger partial charge on any atom is -0.491 e. The van der Waals surface area contributed by atoms with Gasteiger partial charge >= 0.3 is 6.18 Å². The van der Waals surface area contributed by atoms with Crippen molar-refractivity contribution in [1.82, 2.24) is 24.5 Å². The molecule has 18 nitrogen and oxygen atoms in total. The SMILES string of the molecule is Cc1ccc(C(=O)Nc2ccc(CN3CCN(C)CC3)c(C(F)(F)F)c2)cc1C#Cc1cnc2cc(OCCOCCOCCOCCOCCOCCOCCOCCOCCOCCNC(=O)C3CC4C=CC3C4)ccn12. The number of hydrogen-bond acceptors (Lipinski definition) is 15. The van der Waals surface area contributed by atoms with Crippen LogP contribution in [0.5, 0.6) is 5.75 Å². The van der Waals surface area contributed by atoms with Gasteiger partial charge < -0.3 is 62.9 Å². The summed E-state index contributed by atoms with van der Waals surface area (Å²) in [4.78, 5) is 34.3. The highest BCUT2D eigenvalue weighted by Gasteiger charge is 2.39. The number of rotatable bonds is 36. The molecule has 3 heterocycles. The van der Waals surface area contributed by atoms with Gasteiger partial charge in [0.15, 0.2) is 0 Å². The van der Waals surface area contributed by atoms with Crippen molar-refractivity contribution < 1.29 is 70.1 Å². The van der Waals surface area contributed by atoms with Crippen molar-refractivity contribution in [2.24, 2.45) is 17.8 Å². The second-order valence-electron chi connectivity index (χ2n) is 19.5. The molecule has 2 aromatic carbocycles. The van der Waals surface area contributed by atoms with Gasteiger partial charge in [0.2, 0.25) is 5.91 Å². The summed E-state index contributed by atoms with van der Waals surface area (Å²) in [6, 6.07) is 12.6. The predicted molar refractivity (Wildman–Crippen MR) is 289 cm³/mol. The quantitative estimate of drug-likeness (QED) is 0.0312. The van der Waals surface area contributed by atoms with E-state index in [0.717, 1.165) is 37.6 Å². The van der Waals surface area contributed by atoms with Gasteiger partial charge in [-0.05, 0) is 86.0 Å². The van der Waals surface area contributed by atoms with Crippen LogP contribution in [-0.4, -0.2) is 196 Å². The zero-order valence-corrected chi connectivity index (χ0v) is 45.6. The van der Waals surface area contributed by atoms with Crippen molar-refractivity contribution in [3.8, 4) is 17.6 Å². The van der Waals surface area contributed by atoms with Gasteiger partial charge in [-0.1, -0.05) is 30.2 Å². The van der Waals surface area contributed by atoms with Crippen LogP contribution < -0.4 is 15.4 Å². The van der Waals surface area contributed by atoms with E-state index in [1.54, 1.807) is 30.5 Å². The number of likely N-dealkylation sites (N-methyl/N-ethyl adjacent to an activating group) is 1. The molecule has 2 aromatic heterocycles. The number of fused-ring (bicyclic) bond motifs is 3. The lowest BCUT2D eigenvalue weighted by Gasteiger charge is -2.33. The lowest BCUT2D eigenvalue weighted by Crippen LogP contribution is -2.44. The summed E-state index contributed by atoms with van der Waals surface area (Å²) in [5.74, 6) is 7.61. The molecule has 1 aliphatic heterocycles. The second kappa shape index (κ2) is 33.3. The summed E-state index contributed by atoms with van der Waals surface area (Å²) < 4.78 is 100. The van der Waals surface area contributed by atoms with E-state index in [4.69, 9.17) is 47.4 Å². The molecule has 2 N–H and O–H groups in total. The maximum absolute atomic E-state index is 14.2. The Hall–Kier alpha value is -5.48. The number of alkyl halides is 3. The van der Waals surface area contributed by atoms with Gasteiger partial charge in [0.05, 0.1) is 131 Å². The zero-order valence-electron chi connectivity index (χ0n) is 45.6. The van der Waals surface area contributed by atoms with Crippen molar-refractivity contribution in [3.05, 3.63) is 107 Å². The van der Waals surface area contributed by atoms with E-state index in [-0.39, 0.29) is 35.2 Å². The molecule has 1 saturated carbocycles. The van der Waals surface area contributed by atoms with Crippen LogP contribution in [0, 0.1) is 36.5 Å². The Morgan fingerprint density at radius 2 is 1.25 bits per heavy atom. The number of anilines is 1. The number of benzene rings is 2. The standard InChI is InChI=1S/C58H77F3N6O12/c1-44-3-5-48(56(68)64-50-9-7-49(54(40-50)58(59,60)61)43-66-16-14-65(2)15-17-66)39-46(44)8-10-51-42-63-55-41-52(11-13-67(51)55)79-36-35-78-34-33-77-32-31-76-30-29-75-28-27-74-26-25-73-24-23-72-22-21-71-20-19-70-18-12-62-57(69)53-38-45-4-6-47(53)37-45/h3-7,9,11,13,39-42,45,47,53H,12,14-38,43H2,1-2H3,(H,62,69)(H,64,68). The summed E-state index contributed by atoms with van der Waals surface area (Å²) >= 11 is 0. The number of allylic oxidation sites excluding steroid dienone is 2. The molecule has 2 fully saturated rings. The zero-order chi connectivity index (χ0) is 55.5. The topological polar surface area (TPSA) is 174 Å². The Labute approximate surface area is 461 Å². The van der Waals surface area contributed by atoms with Crippen molar-refractivity contribution in [2.45, 2.75) is 32.5 Å². The lowest BCUT2D eigenvalue weighted by molar-refractivity contribution is -0.138. The molecular weight excluding hydrogens is 1030 g/mol. The molecule has 2 aliphatic carbocycles. The Kier molecular flexibility index (Phi) is 25.8. The van der Waals surface area contributed by atoms with Gasteiger partial charge in [-0.25, -0.2) is 4.98 Å². The number of imidazole rings is 1. The number of aromatic nitrogens is 2. The van der Waals surface area contributed by atoms with Crippen LogP contribution in [0.25, 0.3) is 5.65 Å². The second-order valence-corrected chi connectivity index (χ2v) is 19.5. The van der Waals surface area contributed by atoms with E-state index < -0.39 is 17.6 Å². The molecule has 2 amide bonds. The molecule has 3 unspecified atom stereocenters. The summed E-state index contributed by atoms with van der Waals surface area (Å²) in [5.41, 5.74) is 2.41. The Balaban J connectivity index is 0.639. The minimum atomic E-state index is -4.58. The van der Waals surface area contributed by atoms with Crippen LogP contribution in [0.4, 0.5) is 18.9 Å². The fourth-order valence-electron chi connectivity index (χ4n) is 9.22. The third-order valence-corrected chi connectivity index (χ3v) is 13.6. The Bertz CT molecular complexity index is 2580. The van der Waals surface area contributed by atoms with Gasteiger partial charge in [0, 0.05) is 74.3 Å². The number of carbonyl (C=O) groups excluding carboxylic acids is 2. The van der Waals surface area contributed by atoms with Gasteiger partial charge in [-0.3, -0.25) is 18.9 Å². The van der Waals surface area contributed by atoms with Crippen LogP contribution in [0.2, 0.25) is 0 Å². The van der Waals surface area contributed by atoms with Gasteiger partial charge in [-0.2, -0.15) is 13.2 Å². The molecule has 3 aliphatic rings. The first kappa shape index (κ1) is 61.1. The predicted octanol–water partition coefficient (Wildman–Crippen LogP) is 5.92. The van der Waals surface area contributed by atoms with E-state index in [1.807, 2.05) is 35.5 Å². The molecule has 432 valence electrons. The molecule has 4 aromatic rings. The van der Waals surface area contributed by atoms with Crippen LogP contribution in [-0.2, 0) is 60.1 Å². The molecule has 3 atom stereocenters. The highest BCUT2D eigenvalue weighted by Crippen LogP contribution is 2.43. The third-order valence-electron chi connectivity index (χ3n) is 13.6. The number of nitrogens with one attached hydrogen (secondary N) is 2. The largest absolute Gasteiger partial charge is 0.491 e. The molecule has 1 saturated heterocycles. The van der Waals surface area contributed by atoms with E-state index in [2.05, 4.69) is 44.5 Å². The number of hydrogen-bond donors (Lipinski definition) is 2. The van der Waals surface area contributed by atoms with Crippen molar-refractivity contribution >= 4 is 23.1 Å². The van der Waals surface area contributed by atoms with Crippen molar-refractivity contribution in [1.29, 1.82) is 0 Å². The minimum absolute atomic E-state index is 0.0615. The summed E-state index contributed by atoms with van der Waals surface area (Å²) in [5, 5.41) is 5.63. The maximum atomic E-state index is 14.2. The third kappa shape index (κ3) is 21.2. The van der Waals surface area contributed by atoms with Gasteiger partial charge in [0.1, 0.15) is 23.7 Å². The molecule has 7 rings (SSSR count). The van der Waals surface area contributed by atoms with E-state index in [1.165, 1.54) is 12.1 Å². The number of aryl methyl sites for hydroxylation is 1. The number of pyridine rings is 1. The normalized spacial score (nSPS) is 17.4. The first-order valence-corrected chi connectivity index (χ1v) is 27.3. The maximum Gasteiger partial charge on any atom is 0.416 e. The van der Waals surface area contributed by atoms with Crippen LogP contribution in [0.15, 0.2) is 73.1 Å². The highest BCUT2D eigenvalue weighted by molar-refractivity contribution is 6.04. The number of halogens is 3. The average molecular weight is 1110 g/mol. The van der Waals surface area contributed by atoms with Gasteiger partial charge in [0.25, 0.3) is 5.91 Å². The molecule has 0 spiro atoms. The van der Waals surface area contributed by atoms with E-state index >= 15 is 0 Å². The fourth-order valence-corrected chi connectivity index (χ4v) is 9.22. The molecule has 2 bridgehead atoms. The number of nitrogens with zero attached hydrogens (tertiary/aromatic N) is 4. The van der Waals surface area contributed by atoms with Crippen LogP contribution in [0.1, 0.15) is 51.1 Å². The monoisotopic (exact) mass is 1110 g/mol. The number of ether oxygens (including phenoxy) is 10. The lowest BCUT2D eigenvalue weighted by atomic mass is 9.93. The van der Waals surface area contributed by atoms with Crippen LogP contribution in [0.3, 0.4) is 0 Å². The Morgan fingerprint density at radius 3 is 1.81 bits per heavy atom. The summed E-state index contributed by atoms with van der Waals surface area (Å²) in [7, 11) is 2.00. The van der Waals surface area contributed by atoms with Crippen molar-refractivity contribution in [3.63, 3.8) is 0 Å². The van der Waals surface area contributed by atoms with E-state index in [9.17, 15) is 22.8 Å². The molecule has 0 radical (unpaired) electrons. The smallest absolute Gasteiger partial charge is 0.416 e.